The Hall–Kier alpha value is -2.84. The highest BCUT2D eigenvalue weighted by Gasteiger charge is 2.24. The molecular formula is C22H22N4O4S2. The maximum Gasteiger partial charge on any atom is 0.260 e. The van der Waals surface area contributed by atoms with Crippen LogP contribution in [0.25, 0.3) is 10.2 Å². The first-order valence-electron chi connectivity index (χ1n) is 10.1. The minimum absolute atomic E-state index is 0.149. The van der Waals surface area contributed by atoms with Crippen LogP contribution in [0.4, 0.5) is 5.13 Å². The molecule has 0 N–H and O–H groups in total. The predicted molar refractivity (Wildman–Crippen MR) is 123 cm³/mol. The number of carbonyl (C=O) groups excluding carboxylic acids is 1. The Labute approximate surface area is 190 Å². The fourth-order valence-electron chi connectivity index (χ4n) is 3.52. The minimum Gasteiger partial charge on any atom is -0.379 e. The van der Waals surface area contributed by atoms with Crippen molar-refractivity contribution < 1.29 is 17.9 Å². The van der Waals surface area contributed by atoms with Crippen LogP contribution in [0.3, 0.4) is 0 Å². The summed E-state index contributed by atoms with van der Waals surface area (Å²) in [5.41, 5.74) is 1.28. The van der Waals surface area contributed by atoms with Gasteiger partial charge in [-0.15, -0.1) is 0 Å². The average molecular weight is 471 g/mol. The molecule has 2 heterocycles. The van der Waals surface area contributed by atoms with Gasteiger partial charge in [0.1, 0.15) is 5.52 Å². The Bertz CT molecular complexity index is 1270. The average Bonchev–Trinajstić information content (AvgIpc) is 3.23. The van der Waals surface area contributed by atoms with Crippen molar-refractivity contribution >= 4 is 42.4 Å². The Morgan fingerprint density at radius 1 is 1.22 bits per heavy atom. The minimum atomic E-state index is -3.46. The summed E-state index contributed by atoms with van der Waals surface area (Å²) < 4.78 is 30.5. The molecule has 10 heteroatoms. The lowest BCUT2D eigenvalue weighted by molar-refractivity contribution is 0.0391. The highest BCUT2D eigenvalue weighted by atomic mass is 32.2. The number of fused-ring (bicyclic) bond motifs is 1. The molecule has 0 atom stereocenters. The number of nitrogens with zero attached hydrogens (tertiary/aromatic N) is 4. The van der Waals surface area contributed by atoms with Gasteiger partial charge in [0.15, 0.2) is 15.0 Å². The molecule has 0 aliphatic carbocycles. The molecular weight excluding hydrogens is 448 g/mol. The molecule has 166 valence electrons. The third kappa shape index (κ3) is 4.81. The van der Waals surface area contributed by atoms with Crippen LogP contribution in [0.5, 0.6) is 0 Å². The van der Waals surface area contributed by atoms with Crippen LogP contribution in [0.1, 0.15) is 15.9 Å². The molecule has 0 saturated carbocycles. The number of carbonyl (C=O) groups is 1. The van der Waals surface area contributed by atoms with Crippen molar-refractivity contribution in [3.8, 4) is 6.07 Å². The zero-order valence-corrected chi connectivity index (χ0v) is 19.2. The summed E-state index contributed by atoms with van der Waals surface area (Å²) >= 11 is 1.29. The lowest BCUT2D eigenvalue weighted by Crippen LogP contribution is -2.43. The van der Waals surface area contributed by atoms with Crippen LogP contribution in [0.15, 0.2) is 47.4 Å². The van der Waals surface area contributed by atoms with Crippen molar-refractivity contribution in [2.75, 3.05) is 50.5 Å². The molecule has 1 fully saturated rings. The lowest BCUT2D eigenvalue weighted by atomic mass is 10.1. The van der Waals surface area contributed by atoms with Crippen molar-refractivity contribution in [3.63, 3.8) is 0 Å². The molecule has 1 aromatic heterocycles. The zero-order valence-electron chi connectivity index (χ0n) is 17.5. The van der Waals surface area contributed by atoms with Gasteiger partial charge in [0, 0.05) is 38.0 Å². The van der Waals surface area contributed by atoms with Crippen LogP contribution in [-0.2, 0) is 14.6 Å². The third-order valence-corrected chi connectivity index (χ3v) is 7.42. The molecule has 3 aromatic rings. The van der Waals surface area contributed by atoms with Crippen LogP contribution in [0, 0.1) is 11.3 Å². The van der Waals surface area contributed by atoms with Gasteiger partial charge in [0.25, 0.3) is 5.91 Å². The summed E-state index contributed by atoms with van der Waals surface area (Å²) in [6.45, 7) is 3.92. The van der Waals surface area contributed by atoms with Crippen LogP contribution < -0.4 is 4.90 Å². The molecule has 8 nitrogen and oxygen atoms in total. The summed E-state index contributed by atoms with van der Waals surface area (Å²) in [5.74, 6) is -0.247. The second-order valence-electron chi connectivity index (χ2n) is 7.47. The smallest absolute Gasteiger partial charge is 0.260 e. The van der Waals surface area contributed by atoms with Gasteiger partial charge in [-0.3, -0.25) is 14.6 Å². The van der Waals surface area contributed by atoms with Crippen molar-refractivity contribution in [2.24, 2.45) is 0 Å². The van der Waals surface area contributed by atoms with Gasteiger partial charge < -0.3 is 4.74 Å². The molecule has 1 saturated heterocycles. The summed E-state index contributed by atoms with van der Waals surface area (Å²) in [5, 5.41) is 9.48. The quantitative estimate of drug-likeness (QED) is 0.545. The standard InChI is InChI=1S/C22H22N4O4S2/c1-32(28,29)19-4-2-3-18-20(19)24-22(31-18)26(10-9-25-11-13-30-14-12-25)21(27)17-7-5-16(15-23)6-8-17/h2-8H,9-14H2,1H3. The first-order valence-corrected chi connectivity index (χ1v) is 12.8. The van der Waals surface area contributed by atoms with Gasteiger partial charge in [-0.25, -0.2) is 13.4 Å². The molecule has 1 amide bonds. The molecule has 0 spiro atoms. The van der Waals surface area contributed by atoms with Gasteiger partial charge in [-0.05, 0) is 36.4 Å². The lowest BCUT2D eigenvalue weighted by Gasteiger charge is -2.29. The van der Waals surface area contributed by atoms with E-state index in [1.165, 1.54) is 17.4 Å². The summed E-state index contributed by atoms with van der Waals surface area (Å²) in [6, 6.07) is 13.5. The van der Waals surface area contributed by atoms with Crippen LogP contribution in [0.2, 0.25) is 0 Å². The number of hydrogen-bond donors (Lipinski definition) is 0. The maximum absolute atomic E-state index is 13.4. The summed E-state index contributed by atoms with van der Waals surface area (Å²) in [4.78, 5) is 22.0. The van der Waals surface area contributed by atoms with E-state index in [1.54, 1.807) is 41.3 Å². The van der Waals surface area contributed by atoms with E-state index in [1.807, 2.05) is 6.07 Å². The number of sulfone groups is 1. The van der Waals surface area contributed by atoms with E-state index in [2.05, 4.69) is 9.88 Å². The fraction of sp³-hybridized carbons (Fsp3) is 0.318. The number of ether oxygens (including phenoxy) is 1. The number of thiazole rings is 1. The van der Waals surface area contributed by atoms with Gasteiger partial charge in [0.05, 0.1) is 34.4 Å². The number of anilines is 1. The zero-order chi connectivity index (χ0) is 22.7. The normalized spacial score (nSPS) is 14.9. The number of aromatic nitrogens is 1. The first-order chi connectivity index (χ1) is 15.4. The largest absolute Gasteiger partial charge is 0.379 e. The van der Waals surface area contributed by atoms with E-state index in [0.29, 0.717) is 52.8 Å². The van der Waals surface area contributed by atoms with Crippen LogP contribution in [-0.4, -0.2) is 69.9 Å². The van der Waals surface area contributed by atoms with E-state index < -0.39 is 9.84 Å². The van der Waals surface area contributed by atoms with Gasteiger partial charge in [-0.2, -0.15) is 5.26 Å². The number of amides is 1. The van der Waals surface area contributed by atoms with Crippen molar-refractivity contribution in [3.05, 3.63) is 53.6 Å². The third-order valence-electron chi connectivity index (χ3n) is 5.25. The van der Waals surface area contributed by atoms with E-state index in [-0.39, 0.29) is 10.8 Å². The number of hydrogen-bond acceptors (Lipinski definition) is 8. The molecule has 4 rings (SSSR count). The predicted octanol–water partition coefficient (Wildman–Crippen LogP) is 2.55. The van der Waals surface area contributed by atoms with E-state index in [4.69, 9.17) is 10.00 Å². The molecule has 32 heavy (non-hydrogen) atoms. The second kappa shape index (κ2) is 9.34. The van der Waals surface area contributed by atoms with Gasteiger partial charge in [-0.1, -0.05) is 17.4 Å². The van der Waals surface area contributed by atoms with Gasteiger partial charge >= 0.3 is 0 Å². The molecule has 0 radical (unpaired) electrons. The molecule has 2 aromatic carbocycles. The number of benzene rings is 2. The second-order valence-corrected chi connectivity index (χ2v) is 10.5. The first kappa shape index (κ1) is 22.4. The number of para-hydroxylation sites is 1. The van der Waals surface area contributed by atoms with Crippen molar-refractivity contribution in [2.45, 2.75) is 4.90 Å². The van der Waals surface area contributed by atoms with E-state index in [9.17, 15) is 13.2 Å². The highest BCUT2D eigenvalue weighted by Crippen LogP contribution is 2.33. The maximum atomic E-state index is 13.4. The molecule has 0 unspecified atom stereocenters. The van der Waals surface area contributed by atoms with Crippen molar-refractivity contribution in [1.82, 2.24) is 9.88 Å². The number of morpholine rings is 1. The monoisotopic (exact) mass is 470 g/mol. The summed E-state index contributed by atoms with van der Waals surface area (Å²) in [7, 11) is -3.46. The Morgan fingerprint density at radius 2 is 1.94 bits per heavy atom. The number of rotatable bonds is 6. The Morgan fingerprint density at radius 3 is 2.59 bits per heavy atom. The van der Waals surface area contributed by atoms with Gasteiger partial charge in [0.2, 0.25) is 0 Å². The fourth-order valence-corrected chi connectivity index (χ4v) is 5.43. The Balaban J connectivity index is 1.70. The van der Waals surface area contributed by atoms with Crippen molar-refractivity contribution in [1.29, 1.82) is 5.26 Å². The molecule has 0 bridgehead atoms. The highest BCUT2D eigenvalue weighted by molar-refractivity contribution is 7.91. The van der Waals surface area contributed by atoms with E-state index in [0.717, 1.165) is 19.3 Å². The molecule has 1 aliphatic rings. The van der Waals surface area contributed by atoms with Crippen LogP contribution >= 0.6 is 11.3 Å². The number of nitriles is 1. The summed E-state index contributed by atoms with van der Waals surface area (Å²) in [6.07, 6.45) is 1.15. The Kier molecular flexibility index (Phi) is 6.53. The SMILES string of the molecule is CS(=O)(=O)c1cccc2sc(N(CCN3CCOCC3)C(=O)c3ccc(C#N)cc3)nc12. The van der Waals surface area contributed by atoms with E-state index >= 15 is 0 Å². The topological polar surface area (TPSA) is 104 Å². The molecule has 1 aliphatic heterocycles.